The Bertz CT molecular complexity index is 589. The Hall–Kier alpha value is -1.46. The maximum absolute atomic E-state index is 13.7. The predicted octanol–water partition coefficient (Wildman–Crippen LogP) is 4.16. The lowest BCUT2D eigenvalue weighted by Gasteiger charge is -2.17. The molecule has 0 aliphatic rings. The van der Waals surface area contributed by atoms with Gasteiger partial charge in [-0.1, -0.05) is 12.1 Å². The number of thioether (sulfide) groups is 1. The van der Waals surface area contributed by atoms with Crippen LogP contribution < -0.4 is 5.32 Å². The third-order valence-electron chi connectivity index (χ3n) is 2.90. The van der Waals surface area contributed by atoms with E-state index in [1.54, 1.807) is 19.2 Å². The first-order valence-electron chi connectivity index (χ1n) is 6.10. The summed E-state index contributed by atoms with van der Waals surface area (Å²) in [6, 6.07) is 9.48. The number of benzene rings is 2. The zero-order valence-electron chi connectivity index (χ0n) is 10.9. The van der Waals surface area contributed by atoms with E-state index in [9.17, 15) is 13.2 Å². The van der Waals surface area contributed by atoms with Crippen LogP contribution in [0.5, 0.6) is 0 Å². The molecular formula is C15H14F3NS. The lowest BCUT2D eigenvalue weighted by Crippen LogP contribution is -2.20. The molecule has 1 atom stereocenters. The van der Waals surface area contributed by atoms with E-state index >= 15 is 0 Å². The Morgan fingerprint density at radius 1 is 1.05 bits per heavy atom. The Kier molecular flexibility index (Phi) is 5.09. The molecule has 0 amide bonds. The fourth-order valence-corrected chi connectivity index (χ4v) is 2.93. The Morgan fingerprint density at radius 3 is 2.45 bits per heavy atom. The summed E-state index contributed by atoms with van der Waals surface area (Å²) in [5, 5.41) is 2.99. The molecule has 0 fully saturated rings. The molecule has 20 heavy (non-hydrogen) atoms. The first-order chi connectivity index (χ1) is 9.60. The molecule has 2 aromatic rings. The Balaban J connectivity index is 2.09. The number of rotatable bonds is 5. The number of nitrogens with one attached hydrogen (secondary N) is 1. The van der Waals surface area contributed by atoms with Crippen LogP contribution in [0.2, 0.25) is 0 Å². The van der Waals surface area contributed by atoms with E-state index in [4.69, 9.17) is 0 Å². The molecule has 0 saturated carbocycles. The molecule has 0 heterocycles. The minimum Gasteiger partial charge on any atom is -0.312 e. The van der Waals surface area contributed by atoms with Gasteiger partial charge in [-0.25, -0.2) is 13.2 Å². The molecule has 2 aromatic carbocycles. The maximum atomic E-state index is 13.7. The average Bonchev–Trinajstić information content (AvgIpc) is 2.41. The van der Waals surface area contributed by atoms with Gasteiger partial charge in [-0.3, -0.25) is 0 Å². The summed E-state index contributed by atoms with van der Waals surface area (Å²) in [6.07, 6.45) is 0. The third-order valence-corrected chi connectivity index (χ3v) is 3.99. The molecule has 0 spiro atoms. The highest BCUT2D eigenvalue weighted by Crippen LogP contribution is 2.26. The molecule has 0 aromatic heterocycles. The monoisotopic (exact) mass is 297 g/mol. The van der Waals surface area contributed by atoms with E-state index in [-0.39, 0.29) is 11.9 Å². The summed E-state index contributed by atoms with van der Waals surface area (Å²) in [5.41, 5.74) is 0.401. The van der Waals surface area contributed by atoms with Crippen molar-refractivity contribution in [1.82, 2.24) is 5.32 Å². The van der Waals surface area contributed by atoms with Crippen molar-refractivity contribution in [3.05, 3.63) is 65.5 Å². The Labute approximate surface area is 120 Å². The van der Waals surface area contributed by atoms with Crippen LogP contribution >= 0.6 is 11.8 Å². The zero-order chi connectivity index (χ0) is 14.5. The second kappa shape index (κ2) is 6.81. The fraction of sp³-hybridized carbons (Fsp3) is 0.200. The van der Waals surface area contributed by atoms with E-state index in [0.717, 1.165) is 11.0 Å². The second-order valence-corrected chi connectivity index (χ2v) is 5.37. The first kappa shape index (κ1) is 14.9. The lowest BCUT2D eigenvalue weighted by molar-refractivity contribution is 0.544. The molecule has 0 radical (unpaired) electrons. The molecule has 5 heteroatoms. The van der Waals surface area contributed by atoms with Gasteiger partial charge in [0.2, 0.25) is 0 Å². The average molecular weight is 297 g/mol. The van der Waals surface area contributed by atoms with Gasteiger partial charge in [0.1, 0.15) is 17.5 Å². The highest BCUT2D eigenvalue weighted by Gasteiger charge is 2.15. The topological polar surface area (TPSA) is 12.0 Å². The first-order valence-corrected chi connectivity index (χ1v) is 7.09. The fourth-order valence-electron chi connectivity index (χ4n) is 1.85. The standard InChI is InChI=1S/C15H14F3NS/c1-19-15(13-6-5-11(17)8-14(13)18)9-20-12-4-2-3-10(16)7-12/h2-8,15,19H,9H2,1H3. The zero-order valence-corrected chi connectivity index (χ0v) is 11.7. The van der Waals surface area contributed by atoms with Crippen molar-refractivity contribution in [2.45, 2.75) is 10.9 Å². The molecule has 0 saturated heterocycles. The second-order valence-electron chi connectivity index (χ2n) is 4.28. The molecule has 0 aliphatic heterocycles. The van der Waals surface area contributed by atoms with E-state index in [2.05, 4.69) is 5.32 Å². The van der Waals surface area contributed by atoms with Crippen molar-refractivity contribution in [2.75, 3.05) is 12.8 Å². The van der Waals surface area contributed by atoms with Crippen molar-refractivity contribution >= 4 is 11.8 Å². The normalized spacial score (nSPS) is 12.4. The summed E-state index contributed by atoms with van der Waals surface area (Å²) in [7, 11) is 1.71. The summed E-state index contributed by atoms with van der Waals surface area (Å²) in [6.45, 7) is 0. The highest BCUT2D eigenvalue weighted by atomic mass is 32.2. The van der Waals surface area contributed by atoms with Crippen LogP contribution in [0.25, 0.3) is 0 Å². The highest BCUT2D eigenvalue weighted by molar-refractivity contribution is 7.99. The van der Waals surface area contributed by atoms with E-state index < -0.39 is 11.6 Å². The van der Waals surface area contributed by atoms with Crippen LogP contribution in [-0.4, -0.2) is 12.8 Å². The van der Waals surface area contributed by atoms with Crippen LogP contribution in [0.4, 0.5) is 13.2 Å². The van der Waals surface area contributed by atoms with Crippen molar-refractivity contribution in [1.29, 1.82) is 0 Å². The van der Waals surface area contributed by atoms with Gasteiger partial charge < -0.3 is 5.32 Å². The van der Waals surface area contributed by atoms with E-state index in [0.29, 0.717) is 11.3 Å². The lowest BCUT2D eigenvalue weighted by atomic mass is 10.1. The summed E-state index contributed by atoms with van der Waals surface area (Å²) in [4.78, 5) is 0.771. The molecule has 1 nitrogen and oxygen atoms in total. The van der Waals surface area contributed by atoms with Gasteiger partial charge >= 0.3 is 0 Å². The van der Waals surface area contributed by atoms with Gasteiger partial charge in [-0.15, -0.1) is 11.8 Å². The van der Waals surface area contributed by atoms with E-state index in [1.165, 1.54) is 36.0 Å². The van der Waals surface area contributed by atoms with Crippen molar-refractivity contribution in [3.8, 4) is 0 Å². The van der Waals surface area contributed by atoms with Crippen molar-refractivity contribution < 1.29 is 13.2 Å². The third kappa shape index (κ3) is 3.77. The quantitative estimate of drug-likeness (QED) is 0.832. The molecule has 1 unspecified atom stereocenters. The number of halogens is 3. The largest absolute Gasteiger partial charge is 0.312 e. The van der Waals surface area contributed by atoms with Crippen LogP contribution in [0.15, 0.2) is 47.4 Å². The van der Waals surface area contributed by atoms with Gasteiger partial charge in [0, 0.05) is 28.3 Å². The smallest absolute Gasteiger partial charge is 0.130 e. The van der Waals surface area contributed by atoms with Crippen molar-refractivity contribution in [2.24, 2.45) is 0 Å². The van der Waals surface area contributed by atoms with Gasteiger partial charge in [-0.05, 0) is 31.3 Å². The number of hydrogen-bond acceptors (Lipinski definition) is 2. The van der Waals surface area contributed by atoms with Gasteiger partial charge in [0.05, 0.1) is 0 Å². The minimum atomic E-state index is -0.598. The summed E-state index contributed by atoms with van der Waals surface area (Å²) in [5.74, 6) is -0.963. The van der Waals surface area contributed by atoms with Crippen LogP contribution in [-0.2, 0) is 0 Å². The number of hydrogen-bond donors (Lipinski definition) is 1. The molecule has 2 rings (SSSR count). The minimum absolute atomic E-state index is 0.274. The van der Waals surface area contributed by atoms with Gasteiger partial charge in [0.25, 0.3) is 0 Å². The molecule has 0 aliphatic carbocycles. The summed E-state index contributed by atoms with van der Waals surface area (Å²) >= 11 is 1.41. The van der Waals surface area contributed by atoms with Gasteiger partial charge in [-0.2, -0.15) is 0 Å². The predicted molar refractivity (Wildman–Crippen MR) is 75.3 cm³/mol. The molecule has 1 N–H and O–H groups in total. The van der Waals surface area contributed by atoms with E-state index in [1.807, 2.05) is 0 Å². The molecular weight excluding hydrogens is 283 g/mol. The van der Waals surface area contributed by atoms with Gasteiger partial charge in [0.15, 0.2) is 0 Å². The van der Waals surface area contributed by atoms with Crippen LogP contribution in [0, 0.1) is 17.5 Å². The molecule has 0 bridgehead atoms. The van der Waals surface area contributed by atoms with Crippen molar-refractivity contribution in [3.63, 3.8) is 0 Å². The van der Waals surface area contributed by atoms with Crippen LogP contribution in [0.3, 0.4) is 0 Å². The SMILES string of the molecule is CNC(CSc1cccc(F)c1)c1ccc(F)cc1F. The van der Waals surface area contributed by atoms with Crippen LogP contribution in [0.1, 0.15) is 11.6 Å². The summed E-state index contributed by atoms with van der Waals surface area (Å²) < 4.78 is 39.7. The molecule has 106 valence electrons. The maximum Gasteiger partial charge on any atom is 0.130 e. The Morgan fingerprint density at radius 2 is 1.80 bits per heavy atom.